The summed E-state index contributed by atoms with van der Waals surface area (Å²) in [6.07, 6.45) is 4.63. The van der Waals surface area contributed by atoms with Crippen LogP contribution in [0, 0.1) is 5.41 Å². The predicted octanol–water partition coefficient (Wildman–Crippen LogP) is 1.43. The second-order valence-corrected chi connectivity index (χ2v) is 9.99. The van der Waals surface area contributed by atoms with Crippen molar-refractivity contribution < 1.29 is 14.6 Å². The van der Waals surface area contributed by atoms with E-state index in [0.29, 0.717) is 43.1 Å². The number of benzene rings is 1. The van der Waals surface area contributed by atoms with Crippen LogP contribution in [0.4, 0.5) is 5.69 Å². The van der Waals surface area contributed by atoms with E-state index < -0.39 is 5.60 Å². The molecule has 0 radical (unpaired) electrons. The first kappa shape index (κ1) is 21.8. The number of carbonyl (C=O) groups excluding carboxylic acids is 1. The van der Waals surface area contributed by atoms with Gasteiger partial charge in [0.25, 0.3) is 5.91 Å². The van der Waals surface area contributed by atoms with Gasteiger partial charge in [-0.1, -0.05) is 12.1 Å². The minimum absolute atomic E-state index is 0.0584. The third-order valence-electron chi connectivity index (χ3n) is 7.47. The van der Waals surface area contributed by atoms with E-state index in [-0.39, 0.29) is 17.1 Å². The molecule has 35 heavy (non-hydrogen) atoms. The van der Waals surface area contributed by atoms with E-state index in [0.717, 1.165) is 31.9 Å². The summed E-state index contributed by atoms with van der Waals surface area (Å²) in [6, 6.07) is 10.8. The number of nitrogens with one attached hydrogen (secondary N) is 1. The molecule has 6 rings (SSSR count). The smallest absolute Gasteiger partial charge is 0.267 e. The summed E-state index contributed by atoms with van der Waals surface area (Å²) in [5.41, 5.74) is 1.47. The molecule has 0 atom stereocenters. The van der Waals surface area contributed by atoms with Crippen LogP contribution >= 0.6 is 0 Å². The molecule has 3 aliphatic rings. The van der Waals surface area contributed by atoms with E-state index >= 15 is 0 Å². The fourth-order valence-electron chi connectivity index (χ4n) is 5.38. The van der Waals surface area contributed by atoms with Gasteiger partial charge < -0.3 is 25.0 Å². The van der Waals surface area contributed by atoms with Crippen LogP contribution in [0.25, 0.3) is 11.3 Å². The number of ether oxygens (including phenoxy) is 1. The van der Waals surface area contributed by atoms with Gasteiger partial charge in [0.1, 0.15) is 5.75 Å². The van der Waals surface area contributed by atoms with Gasteiger partial charge in [0.05, 0.1) is 17.6 Å². The first-order valence-corrected chi connectivity index (χ1v) is 12.0. The zero-order valence-electron chi connectivity index (χ0n) is 19.7. The van der Waals surface area contributed by atoms with Crippen molar-refractivity contribution in [2.24, 2.45) is 12.5 Å². The standard InChI is InChI=1S/C25H29N7O3/c1-30-9-6-22(29-30)35-25(23(34)32-16-24(17-32)14-26-15-24)7-10-31(11-8-25)18-12-20(28-27-13-18)19-4-2-3-5-21(19)33/h2-6,9,12-13,26,33H,7-8,10-11,14-17H2,1H3. The number of aryl methyl sites for hydroxylation is 1. The number of piperidine rings is 1. The van der Waals surface area contributed by atoms with Gasteiger partial charge >= 0.3 is 0 Å². The van der Waals surface area contributed by atoms with Crippen LogP contribution in [0.1, 0.15) is 12.8 Å². The van der Waals surface area contributed by atoms with Gasteiger partial charge in [-0.2, -0.15) is 10.2 Å². The maximum Gasteiger partial charge on any atom is 0.267 e. The fourth-order valence-corrected chi connectivity index (χ4v) is 5.38. The van der Waals surface area contributed by atoms with Crippen molar-refractivity contribution in [3.63, 3.8) is 0 Å². The molecule has 0 saturated carbocycles. The Balaban J connectivity index is 1.21. The molecule has 0 unspecified atom stereocenters. The second-order valence-electron chi connectivity index (χ2n) is 9.99. The highest BCUT2D eigenvalue weighted by atomic mass is 16.5. The number of anilines is 1. The Hall–Kier alpha value is -3.66. The molecule has 3 saturated heterocycles. The lowest BCUT2D eigenvalue weighted by atomic mass is 9.73. The van der Waals surface area contributed by atoms with Crippen LogP contribution in [-0.2, 0) is 11.8 Å². The summed E-state index contributed by atoms with van der Waals surface area (Å²) in [5.74, 6) is 0.699. The highest BCUT2D eigenvalue weighted by molar-refractivity contribution is 5.87. The minimum atomic E-state index is -0.940. The van der Waals surface area contributed by atoms with Crippen molar-refractivity contribution in [1.29, 1.82) is 0 Å². The van der Waals surface area contributed by atoms with Crippen LogP contribution in [0.5, 0.6) is 11.6 Å². The molecule has 5 heterocycles. The second kappa shape index (κ2) is 8.23. The molecular weight excluding hydrogens is 446 g/mol. The fraction of sp³-hybridized carbons (Fsp3) is 0.440. The maximum atomic E-state index is 13.7. The van der Waals surface area contributed by atoms with E-state index in [1.54, 1.807) is 29.1 Å². The Labute approximate surface area is 203 Å². The summed E-state index contributed by atoms with van der Waals surface area (Å²) in [4.78, 5) is 17.9. The van der Waals surface area contributed by atoms with E-state index in [1.165, 1.54) is 0 Å². The van der Waals surface area contributed by atoms with Gasteiger partial charge in [0.15, 0.2) is 5.60 Å². The molecule has 10 heteroatoms. The van der Waals surface area contributed by atoms with Gasteiger partial charge in [-0.15, -0.1) is 5.10 Å². The van der Waals surface area contributed by atoms with E-state index in [9.17, 15) is 9.90 Å². The topological polar surface area (TPSA) is 109 Å². The van der Waals surface area contributed by atoms with Crippen molar-refractivity contribution in [3.05, 3.63) is 48.8 Å². The molecule has 3 aliphatic heterocycles. The van der Waals surface area contributed by atoms with Gasteiger partial charge in [-0.25, -0.2) is 0 Å². The van der Waals surface area contributed by atoms with E-state index in [2.05, 4.69) is 25.5 Å². The number of amides is 1. The molecule has 182 valence electrons. The van der Waals surface area contributed by atoms with Crippen LogP contribution in [0.2, 0.25) is 0 Å². The van der Waals surface area contributed by atoms with Crippen LogP contribution in [0.3, 0.4) is 0 Å². The van der Waals surface area contributed by atoms with Crippen LogP contribution in [0.15, 0.2) is 48.8 Å². The van der Waals surface area contributed by atoms with Crippen molar-refractivity contribution in [3.8, 4) is 22.9 Å². The number of hydrogen-bond acceptors (Lipinski definition) is 8. The number of aromatic hydroxyl groups is 1. The third kappa shape index (κ3) is 3.87. The number of likely N-dealkylation sites (tertiary alicyclic amines) is 1. The molecule has 1 spiro atoms. The highest BCUT2D eigenvalue weighted by Crippen LogP contribution is 2.39. The Morgan fingerprint density at radius 3 is 2.57 bits per heavy atom. The Bertz CT molecular complexity index is 1240. The first-order chi connectivity index (χ1) is 17.0. The van der Waals surface area contributed by atoms with Crippen LogP contribution in [-0.4, -0.2) is 80.8 Å². The van der Waals surface area contributed by atoms with Gasteiger partial charge in [-0.05, 0) is 18.2 Å². The molecule has 1 amide bonds. The van der Waals surface area contributed by atoms with E-state index in [4.69, 9.17) is 4.74 Å². The summed E-state index contributed by atoms with van der Waals surface area (Å²) in [7, 11) is 1.84. The Morgan fingerprint density at radius 2 is 1.91 bits per heavy atom. The lowest BCUT2D eigenvalue weighted by Crippen LogP contribution is -2.74. The van der Waals surface area contributed by atoms with Crippen molar-refractivity contribution in [2.75, 3.05) is 44.2 Å². The molecule has 3 fully saturated rings. The van der Waals surface area contributed by atoms with E-state index in [1.807, 2.05) is 36.3 Å². The number of carbonyl (C=O) groups is 1. The SMILES string of the molecule is Cn1ccc(OC2(C(=O)N3CC4(CNC4)C3)CCN(c3cnnc(-c4ccccc4O)c3)CC2)n1. The average Bonchev–Trinajstić information content (AvgIpc) is 3.22. The Morgan fingerprint density at radius 1 is 1.14 bits per heavy atom. The predicted molar refractivity (Wildman–Crippen MR) is 129 cm³/mol. The van der Waals surface area contributed by atoms with Crippen molar-refractivity contribution in [2.45, 2.75) is 18.4 Å². The zero-order valence-corrected chi connectivity index (χ0v) is 19.7. The quantitative estimate of drug-likeness (QED) is 0.571. The van der Waals surface area contributed by atoms with Crippen LogP contribution < -0.4 is 15.0 Å². The number of phenolic OH excluding ortho intramolecular Hbond substituents is 1. The Kier molecular flexibility index (Phi) is 5.14. The summed E-state index contributed by atoms with van der Waals surface area (Å²) in [5, 5.41) is 26.3. The number of aromatic nitrogens is 4. The summed E-state index contributed by atoms with van der Waals surface area (Å²) >= 11 is 0. The molecule has 2 N–H and O–H groups in total. The normalized spacial score (nSPS) is 20.3. The first-order valence-electron chi connectivity index (χ1n) is 12.0. The number of phenols is 1. The lowest BCUT2D eigenvalue weighted by molar-refractivity contribution is -0.166. The minimum Gasteiger partial charge on any atom is -0.507 e. The largest absolute Gasteiger partial charge is 0.507 e. The third-order valence-corrected chi connectivity index (χ3v) is 7.47. The number of para-hydroxylation sites is 1. The van der Waals surface area contributed by atoms with Gasteiger partial charge in [0.2, 0.25) is 5.88 Å². The number of hydrogen-bond donors (Lipinski definition) is 2. The highest BCUT2D eigenvalue weighted by Gasteiger charge is 2.55. The molecule has 10 nitrogen and oxygen atoms in total. The number of rotatable bonds is 5. The molecular formula is C25H29N7O3. The van der Waals surface area contributed by atoms with Gasteiger partial charge in [0, 0.05) is 82.4 Å². The molecule has 0 bridgehead atoms. The maximum absolute atomic E-state index is 13.7. The van der Waals surface area contributed by atoms with Crippen molar-refractivity contribution >= 4 is 11.6 Å². The summed E-state index contributed by atoms with van der Waals surface area (Å²) < 4.78 is 8.05. The average molecular weight is 476 g/mol. The van der Waals surface area contributed by atoms with Crippen molar-refractivity contribution in [1.82, 2.24) is 30.2 Å². The molecule has 0 aliphatic carbocycles. The summed E-state index contributed by atoms with van der Waals surface area (Å²) in [6.45, 7) is 4.79. The molecule has 1 aromatic carbocycles. The van der Waals surface area contributed by atoms with Gasteiger partial charge in [-0.3, -0.25) is 9.48 Å². The monoisotopic (exact) mass is 475 g/mol. The number of nitrogens with zero attached hydrogens (tertiary/aromatic N) is 6. The molecule has 2 aromatic heterocycles. The molecule has 3 aromatic rings. The zero-order chi connectivity index (χ0) is 24.0. The lowest BCUT2D eigenvalue weighted by Gasteiger charge is -2.57.